The fraction of sp³-hybridized carbons (Fsp3) is 1.00. The van der Waals surface area contributed by atoms with Crippen molar-refractivity contribution in [1.82, 2.24) is 0 Å². The molecule has 2 heteroatoms. The van der Waals surface area contributed by atoms with Gasteiger partial charge >= 0.3 is 0 Å². The van der Waals surface area contributed by atoms with Gasteiger partial charge in [0.15, 0.2) is 0 Å². The van der Waals surface area contributed by atoms with Gasteiger partial charge in [-0.05, 0) is 50.4 Å². The lowest BCUT2D eigenvalue weighted by atomic mass is 9.61. The summed E-state index contributed by atoms with van der Waals surface area (Å²) in [6.45, 7) is 8.65. The van der Waals surface area contributed by atoms with E-state index in [0.29, 0.717) is 10.8 Å². The summed E-state index contributed by atoms with van der Waals surface area (Å²) in [6.07, 6.45) is 5.00. The van der Waals surface area contributed by atoms with Crippen LogP contribution in [0.15, 0.2) is 0 Å². The van der Waals surface area contributed by atoms with Gasteiger partial charge in [-0.25, -0.2) is 0 Å². The van der Waals surface area contributed by atoms with Crippen molar-refractivity contribution in [2.24, 2.45) is 16.6 Å². The lowest BCUT2D eigenvalue weighted by Gasteiger charge is -2.48. The Labute approximate surface area is 87.2 Å². The molecule has 1 saturated heterocycles. The summed E-state index contributed by atoms with van der Waals surface area (Å²) in [5.74, 6) is 0. The van der Waals surface area contributed by atoms with E-state index in [1.54, 1.807) is 0 Å². The summed E-state index contributed by atoms with van der Waals surface area (Å²) in [5.41, 5.74) is 7.14. The van der Waals surface area contributed by atoms with Crippen LogP contribution in [0.3, 0.4) is 0 Å². The lowest BCUT2D eigenvalue weighted by molar-refractivity contribution is -0.0377. The summed E-state index contributed by atoms with van der Waals surface area (Å²) in [7, 11) is 0. The van der Waals surface area contributed by atoms with E-state index in [1.807, 2.05) is 0 Å². The summed E-state index contributed by atoms with van der Waals surface area (Å²) < 4.78 is 5.46. The predicted octanol–water partition coefficient (Wildman–Crippen LogP) is 2.32. The molecule has 0 radical (unpaired) electrons. The van der Waals surface area contributed by atoms with Gasteiger partial charge in [-0.15, -0.1) is 0 Å². The van der Waals surface area contributed by atoms with E-state index in [-0.39, 0.29) is 5.54 Å². The number of rotatable bonds is 2. The molecule has 0 spiro atoms. The van der Waals surface area contributed by atoms with Gasteiger partial charge in [0.05, 0.1) is 0 Å². The first-order valence-electron chi connectivity index (χ1n) is 5.78. The monoisotopic (exact) mass is 197 g/mol. The maximum absolute atomic E-state index is 6.35. The Morgan fingerprint density at radius 1 is 1.07 bits per heavy atom. The van der Waals surface area contributed by atoms with Crippen LogP contribution in [0.5, 0.6) is 0 Å². The summed E-state index contributed by atoms with van der Waals surface area (Å²) in [4.78, 5) is 0. The van der Waals surface area contributed by atoms with Crippen LogP contribution in [0, 0.1) is 10.8 Å². The third kappa shape index (κ3) is 1.31. The van der Waals surface area contributed by atoms with Gasteiger partial charge in [-0.1, -0.05) is 6.92 Å². The van der Waals surface area contributed by atoms with Crippen molar-refractivity contribution >= 4 is 0 Å². The molecule has 0 amide bonds. The molecule has 2 fully saturated rings. The Morgan fingerprint density at radius 3 is 1.93 bits per heavy atom. The minimum absolute atomic E-state index is 0.0287. The number of hydrogen-bond donors (Lipinski definition) is 1. The Morgan fingerprint density at radius 2 is 1.57 bits per heavy atom. The summed E-state index contributed by atoms with van der Waals surface area (Å²) in [5, 5.41) is 0. The highest BCUT2D eigenvalue weighted by Crippen LogP contribution is 2.66. The zero-order valence-electron chi connectivity index (χ0n) is 9.73. The van der Waals surface area contributed by atoms with E-state index >= 15 is 0 Å². The Bertz CT molecular complexity index is 219. The largest absolute Gasteiger partial charge is 0.381 e. The second-order valence-electron chi connectivity index (χ2n) is 5.98. The first-order valence-corrected chi connectivity index (χ1v) is 5.78. The minimum Gasteiger partial charge on any atom is -0.381 e. The van der Waals surface area contributed by atoms with Crippen molar-refractivity contribution in [3.8, 4) is 0 Å². The maximum Gasteiger partial charge on any atom is 0.0471 e. The zero-order chi connectivity index (χ0) is 10.4. The molecule has 2 nitrogen and oxygen atoms in total. The molecule has 0 unspecified atom stereocenters. The number of hydrogen-bond acceptors (Lipinski definition) is 2. The van der Waals surface area contributed by atoms with E-state index in [0.717, 1.165) is 13.2 Å². The van der Waals surface area contributed by atoms with Crippen molar-refractivity contribution in [3.05, 3.63) is 0 Å². The highest BCUT2D eigenvalue weighted by Gasteiger charge is 2.62. The van der Waals surface area contributed by atoms with E-state index in [9.17, 15) is 0 Å². The van der Waals surface area contributed by atoms with Crippen molar-refractivity contribution in [2.45, 2.75) is 52.0 Å². The molecule has 2 aliphatic rings. The molecule has 1 aliphatic heterocycles. The lowest BCUT2D eigenvalue weighted by Crippen LogP contribution is -2.52. The molecule has 2 N–H and O–H groups in total. The molecule has 82 valence electrons. The van der Waals surface area contributed by atoms with Crippen LogP contribution in [0.1, 0.15) is 46.5 Å². The SMILES string of the molecule is CC(C)(N)C1(C2(C)CCOCC2)CC1. The second kappa shape index (κ2) is 2.96. The second-order valence-corrected chi connectivity index (χ2v) is 5.98. The molecule has 0 aromatic carbocycles. The Hall–Kier alpha value is -0.0800. The van der Waals surface area contributed by atoms with Gasteiger partial charge < -0.3 is 10.5 Å². The molecule has 14 heavy (non-hydrogen) atoms. The van der Waals surface area contributed by atoms with E-state index in [2.05, 4.69) is 20.8 Å². The molecule has 0 atom stereocenters. The molecule has 0 bridgehead atoms. The highest BCUT2D eigenvalue weighted by molar-refractivity contribution is 5.15. The van der Waals surface area contributed by atoms with E-state index in [1.165, 1.54) is 25.7 Å². The van der Waals surface area contributed by atoms with Crippen LogP contribution in [0.4, 0.5) is 0 Å². The normalized spacial score (nSPS) is 30.0. The summed E-state index contributed by atoms with van der Waals surface area (Å²) in [6, 6.07) is 0. The molecular formula is C12H23NO. The van der Waals surface area contributed by atoms with Crippen LogP contribution in [0.25, 0.3) is 0 Å². The molecular weight excluding hydrogens is 174 g/mol. The molecule has 1 aliphatic carbocycles. The zero-order valence-corrected chi connectivity index (χ0v) is 9.73. The Kier molecular flexibility index (Phi) is 2.20. The first-order chi connectivity index (χ1) is 6.41. The molecule has 0 aromatic rings. The average molecular weight is 197 g/mol. The smallest absolute Gasteiger partial charge is 0.0471 e. The van der Waals surface area contributed by atoms with Gasteiger partial charge in [-0.2, -0.15) is 0 Å². The van der Waals surface area contributed by atoms with Crippen LogP contribution in [-0.2, 0) is 4.74 Å². The number of ether oxygens (including phenoxy) is 1. The van der Waals surface area contributed by atoms with Gasteiger partial charge in [0.25, 0.3) is 0 Å². The van der Waals surface area contributed by atoms with Gasteiger partial charge in [0.1, 0.15) is 0 Å². The third-order valence-corrected chi connectivity index (χ3v) is 4.74. The number of nitrogens with two attached hydrogens (primary N) is 1. The van der Waals surface area contributed by atoms with Crippen LogP contribution >= 0.6 is 0 Å². The first kappa shape index (κ1) is 10.4. The van der Waals surface area contributed by atoms with Crippen molar-refractivity contribution < 1.29 is 4.74 Å². The molecule has 1 heterocycles. The van der Waals surface area contributed by atoms with Gasteiger partial charge in [0, 0.05) is 18.8 Å². The van der Waals surface area contributed by atoms with Crippen molar-refractivity contribution in [1.29, 1.82) is 0 Å². The predicted molar refractivity (Wildman–Crippen MR) is 58.1 cm³/mol. The summed E-state index contributed by atoms with van der Waals surface area (Å²) >= 11 is 0. The van der Waals surface area contributed by atoms with E-state index in [4.69, 9.17) is 10.5 Å². The molecule has 2 rings (SSSR count). The topological polar surface area (TPSA) is 35.2 Å². The standard InChI is InChI=1S/C12H23NO/c1-10(2,13)12(4-5-12)11(3)6-8-14-9-7-11/h4-9,13H2,1-3H3. The highest BCUT2D eigenvalue weighted by atomic mass is 16.5. The van der Waals surface area contributed by atoms with E-state index < -0.39 is 0 Å². The van der Waals surface area contributed by atoms with Gasteiger partial charge in [0.2, 0.25) is 0 Å². The minimum atomic E-state index is -0.0287. The van der Waals surface area contributed by atoms with Crippen molar-refractivity contribution in [3.63, 3.8) is 0 Å². The Balaban J connectivity index is 2.20. The molecule has 0 aromatic heterocycles. The third-order valence-electron chi connectivity index (χ3n) is 4.74. The van der Waals surface area contributed by atoms with Crippen LogP contribution < -0.4 is 5.73 Å². The maximum atomic E-state index is 6.35. The fourth-order valence-electron chi connectivity index (χ4n) is 3.45. The fourth-order valence-corrected chi connectivity index (χ4v) is 3.45. The van der Waals surface area contributed by atoms with Crippen molar-refractivity contribution in [2.75, 3.05) is 13.2 Å². The van der Waals surface area contributed by atoms with Crippen LogP contribution in [-0.4, -0.2) is 18.8 Å². The average Bonchev–Trinajstić information content (AvgIpc) is 2.83. The van der Waals surface area contributed by atoms with Gasteiger partial charge in [-0.3, -0.25) is 0 Å². The quantitative estimate of drug-likeness (QED) is 0.737. The van der Waals surface area contributed by atoms with Crippen LogP contribution in [0.2, 0.25) is 0 Å². The molecule has 1 saturated carbocycles.